The van der Waals surface area contributed by atoms with Crippen LogP contribution in [0.4, 0.5) is 18.9 Å². The van der Waals surface area contributed by atoms with E-state index in [0.29, 0.717) is 0 Å². The van der Waals surface area contributed by atoms with E-state index in [1.807, 2.05) is 20.8 Å². The summed E-state index contributed by atoms with van der Waals surface area (Å²) in [6, 6.07) is 3.89. The van der Waals surface area contributed by atoms with Gasteiger partial charge in [-0.3, -0.25) is 0 Å². The zero-order valence-electron chi connectivity index (χ0n) is 9.44. The number of rotatable bonds is 0. The van der Waals surface area contributed by atoms with Crippen LogP contribution in [0.3, 0.4) is 0 Å². The monoisotopic (exact) mass is 229 g/mol. The zero-order chi connectivity index (χ0) is 12.1. The van der Waals surface area contributed by atoms with Gasteiger partial charge in [-0.25, -0.2) is 0 Å². The Balaban J connectivity index is 2.47. The molecule has 16 heavy (non-hydrogen) atoms. The molecule has 1 aliphatic rings. The fraction of sp³-hybridized carbons (Fsp3) is 0.500. The quantitative estimate of drug-likeness (QED) is 0.708. The summed E-state index contributed by atoms with van der Waals surface area (Å²) in [5.74, 6) is 0.0739. The zero-order valence-corrected chi connectivity index (χ0v) is 9.44. The van der Waals surface area contributed by atoms with Gasteiger partial charge in [0.25, 0.3) is 0 Å². The third kappa shape index (κ3) is 1.66. The van der Waals surface area contributed by atoms with Crippen molar-refractivity contribution >= 4 is 5.69 Å². The van der Waals surface area contributed by atoms with Gasteiger partial charge in [0, 0.05) is 17.1 Å². The number of hydrogen-bond donors (Lipinski definition) is 1. The third-order valence-corrected chi connectivity index (χ3v) is 3.38. The standard InChI is InChI=1S/C12H14F3N/c1-7-9-6-8(12(13,14)15)4-5-10(9)16-11(7,2)3/h4-7,16H,1-3H3. The SMILES string of the molecule is CC1c2cc(C(F)(F)F)ccc2NC1(C)C. The average Bonchev–Trinajstić information content (AvgIpc) is 2.36. The van der Waals surface area contributed by atoms with Gasteiger partial charge in [0.2, 0.25) is 0 Å². The molecule has 1 aromatic rings. The minimum atomic E-state index is -4.26. The molecule has 0 fully saturated rings. The maximum absolute atomic E-state index is 12.6. The van der Waals surface area contributed by atoms with Crippen LogP contribution in [0.15, 0.2) is 18.2 Å². The van der Waals surface area contributed by atoms with Crippen LogP contribution < -0.4 is 5.32 Å². The van der Waals surface area contributed by atoms with Gasteiger partial charge in [0.05, 0.1) is 5.56 Å². The highest BCUT2D eigenvalue weighted by Crippen LogP contribution is 2.44. The van der Waals surface area contributed by atoms with E-state index < -0.39 is 11.7 Å². The highest BCUT2D eigenvalue weighted by molar-refractivity contribution is 5.62. The minimum absolute atomic E-state index is 0.0739. The van der Waals surface area contributed by atoms with Crippen LogP contribution in [0.2, 0.25) is 0 Å². The molecule has 1 heterocycles. The van der Waals surface area contributed by atoms with Gasteiger partial charge in [0.15, 0.2) is 0 Å². The minimum Gasteiger partial charge on any atom is -0.379 e. The largest absolute Gasteiger partial charge is 0.416 e. The number of halogens is 3. The van der Waals surface area contributed by atoms with Crippen LogP contribution >= 0.6 is 0 Å². The van der Waals surface area contributed by atoms with E-state index in [1.165, 1.54) is 12.1 Å². The van der Waals surface area contributed by atoms with Gasteiger partial charge in [-0.2, -0.15) is 13.2 Å². The van der Waals surface area contributed by atoms with Gasteiger partial charge in [-0.1, -0.05) is 6.92 Å². The molecule has 88 valence electrons. The molecule has 1 unspecified atom stereocenters. The fourth-order valence-corrected chi connectivity index (χ4v) is 2.06. The lowest BCUT2D eigenvalue weighted by molar-refractivity contribution is -0.137. The second-order valence-corrected chi connectivity index (χ2v) is 4.87. The molecule has 0 aromatic heterocycles. The molecular weight excluding hydrogens is 215 g/mol. The number of fused-ring (bicyclic) bond motifs is 1. The number of hydrogen-bond acceptors (Lipinski definition) is 1. The molecule has 0 saturated heterocycles. The maximum atomic E-state index is 12.6. The highest BCUT2D eigenvalue weighted by Gasteiger charge is 2.38. The summed E-state index contributed by atoms with van der Waals surface area (Å²) in [5, 5.41) is 3.23. The van der Waals surface area contributed by atoms with Crippen LogP contribution in [0.25, 0.3) is 0 Å². The molecule has 1 N–H and O–H groups in total. The first-order valence-corrected chi connectivity index (χ1v) is 5.21. The van der Waals surface area contributed by atoms with Crippen LogP contribution in [-0.2, 0) is 6.18 Å². The number of nitrogens with one attached hydrogen (secondary N) is 1. The summed E-state index contributed by atoms with van der Waals surface area (Å²) in [7, 11) is 0. The first-order chi connectivity index (χ1) is 7.22. The number of benzene rings is 1. The molecule has 0 aliphatic carbocycles. The lowest BCUT2D eigenvalue weighted by Crippen LogP contribution is -2.30. The van der Waals surface area contributed by atoms with Gasteiger partial charge in [0.1, 0.15) is 0 Å². The van der Waals surface area contributed by atoms with Crippen LogP contribution in [0.1, 0.15) is 37.8 Å². The van der Waals surface area contributed by atoms with Crippen molar-refractivity contribution in [3.63, 3.8) is 0 Å². The first kappa shape index (κ1) is 11.3. The Morgan fingerprint density at radius 2 is 1.88 bits per heavy atom. The van der Waals surface area contributed by atoms with Crippen molar-refractivity contribution in [2.45, 2.75) is 38.4 Å². The van der Waals surface area contributed by atoms with Gasteiger partial charge < -0.3 is 5.32 Å². The topological polar surface area (TPSA) is 12.0 Å². The Hall–Kier alpha value is -1.19. The van der Waals surface area contributed by atoms with Crippen molar-refractivity contribution in [1.29, 1.82) is 0 Å². The van der Waals surface area contributed by atoms with E-state index in [-0.39, 0.29) is 11.5 Å². The van der Waals surface area contributed by atoms with Crippen molar-refractivity contribution in [2.75, 3.05) is 5.32 Å². The van der Waals surface area contributed by atoms with Crippen molar-refractivity contribution < 1.29 is 13.2 Å². The lowest BCUT2D eigenvalue weighted by atomic mass is 9.87. The summed E-state index contributed by atoms with van der Waals surface area (Å²) in [4.78, 5) is 0. The molecule has 0 bridgehead atoms. The molecule has 1 atom stereocenters. The van der Waals surface area contributed by atoms with Gasteiger partial charge in [-0.05, 0) is 37.6 Å². The summed E-state index contributed by atoms with van der Waals surface area (Å²) >= 11 is 0. The number of alkyl halides is 3. The Bertz CT molecular complexity index is 421. The van der Waals surface area contributed by atoms with Crippen molar-refractivity contribution in [1.82, 2.24) is 0 Å². The first-order valence-electron chi connectivity index (χ1n) is 5.21. The van der Waals surface area contributed by atoms with Crippen molar-refractivity contribution in [3.05, 3.63) is 29.3 Å². The predicted molar refractivity (Wildman–Crippen MR) is 57.6 cm³/mol. The Morgan fingerprint density at radius 3 is 2.44 bits per heavy atom. The van der Waals surface area contributed by atoms with Gasteiger partial charge in [-0.15, -0.1) is 0 Å². The maximum Gasteiger partial charge on any atom is 0.416 e. The third-order valence-electron chi connectivity index (χ3n) is 3.38. The predicted octanol–water partition coefficient (Wildman–Crippen LogP) is 4.01. The summed E-state index contributed by atoms with van der Waals surface area (Å²) in [6.07, 6.45) is -4.26. The molecular formula is C12H14F3N. The molecule has 1 nitrogen and oxygen atoms in total. The second-order valence-electron chi connectivity index (χ2n) is 4.87. The molecule has 0 spiro atoms. The molecule has 0 radical (unpaired) electrons. The lowest BCUT2D eigenvalue weighted by Gasteiger charge is -2.24. The summed E-state index contributed by atoms with van der Waals surface area (Å²) in [6.45, 7) is 5.93. The molecule has 1 aliphatic heterocycles. The Morgan fingerprint density at radius 1 is 1.25 bits per heavy atom. The van der Waals surface area contributed by atoms with Crippen LogP contribution in [-0.4, -0.2) is 5.54 Å². The average molecular weight is 229 g/mol. The molecule has 4 heteroatoms. The molecule has 1 aromatic carbocycles. The van der Waals surface area contributed by atoms with E-state index in [0.717, 1.165) is 17.3 Å². The Labute approximate surface area is 92.7 Å². The fourth-order valence-electron chi connectivity index (χ4n) is 2.06. The van der Waals surface area contributed by atoms with E-state index in [9.17, 15) is 13.2 Å². The molecule has 0 saturated carbocycles. The van der Waals surface area contributed by atoms with Crippen molar-refractivity contribution in [3.8, 4) is 0 Å². The summed E-state index contributed by atoms with van der Waals surface area (Å²) < 4.78 is 37.7. The normalized spacial score (nSPS) is 22.8. The highest BCUT2D eigenvalue weighted by atomic mass is 19.4. The van der Waals surface area contributed by atoms with Crippen LogP contribution in [0, 0.1) is 0 Å². The Kier molecular flexibility index (Phi) is 2.23. The van der Waals surface area contributed by atoms with Gasteiger partial charge >= 0.3 is 6.18 Å². The van der Waals surface area contributed by atoms with E-state index >= 15 is 0 Å². The van der Waals surface area contributed by atoms with E-state index in [1.54, 1.807) is 0 Å². The summed E-state index contributed by atoms with van der Waals surface area (Å²) in [5.41, 5.74) is 0.801. The van der Waals surface area contributed by atoms with Crippen LogP contribution in [0.5, 0.6) is 0 Å². The smallest absolute Gasteiger partial charge is 0.379 e. The molecule has 2 rings (SSSR count). The van der Waals surface area contributed by atoms with E-state index in [4.69, 9.17) is 0 Å². The number of anilines is 1. The molecule has 0 amide bonds. The van der Waals surface area contributed by atoms with Crippen molar-refractivity contribution in [2.24, 2.45) is 0 Å². The van der Waals surface area contributed by atoms with E-state index in [2.05, 4.69) is 5.32 Å². The second kappa shape index (κ2) is 3.15.